The van der Waals surface area contributed by atoms with E-state index in [0.29, 0.717) is 6.54 Å². The summed E-state index contributed by atoms with van der Waals surface area (Å²) >= 11 is 1.52. The monoisotopic (exact) mass is 213 g/mol. The summed E-state index contributed by atoms with van der Waals surface area (Å²) in [5, 5.41) is 4.66. The lowest BCUT2D eigenvalue weighted by Gasteiger charge is -2.09. The van der Waals surface area contributed by atoms with Crippen molar-refractivity contribution in [1.29, 1.82) is 0 Å². The summed E-state index contributed by atoms with van der Waals surface area (Å²) in [7, 11) is 0. The van der Waals surface area contributed by atoms with Crippen LogP contribution in [-0.4, -0.2) is 16.9 Å². The van der Waals surface area contributed by atoms with Gasteiger partial charge in [-0.3, -0.25) is 4.79 Å². The first kappa shape index (κ1) is 11.1. The van der Waals surface area contributed by atoms with Gasteiger partial charge in [-0.15, -0.1) is 11.3 Å². The Balaban J connectivity index is 2.27. The third kappa shape index (κ3) is 3.43. The Morgan fingerprint density at radius 2 is 2.57 bits per heavy atom. The van der Waals surface area contributed by atoms with Crippen molar-refractivity contribution < 1.29 is 4.79 Å². The van der Waals surface area contributed by atoms with Crippen LogP contribution in [0.3, 0.4) is 0 Å². The number of nitrogens with one attached hydrogen (secondary N) is 1. The lowest BCUT2D eigenvalue weighted by atomic mass is 10.2. The van der Waals surface area contributed by atoms with Gasteiger partial charge >= 0.3 is 0 Å². The van der Waals surface area contributed by atoms with E-state index in [9.17, 15) is 4.79 Å². The molecule has 0 aliphatic rings. The molecular weight excluding hydrogens is 198 g/mol. The fraction of sp³-hybridized carbons (Fsp3) is 0.556. The molecule has 1 atom stereocenters. The van der Waals surface area contributed by atoms with Crippen LogP contribution in [0.5, 0.6) is 0 Å². The van der Waals surface area contributed by atoms with E-state index < -0.39 is 6.04 Å². The molecular formula is C9H15N3OS. The quantitative estimate of drug-likeness (QED) is 0.763. The van der Waals surface area contributed by atoms with Crippen molar-refractivity contribution in [1.82, 2.24) is 10.3 Å². The molecule has 0 aliphatic carbocycles. The molecule has 0 saturated heterocycles. The van der Waals surface area contributed by atoms with Crippen LogP contribution in [0.2, 0.25) is 0 Å². The molecule has 0 unspecified atom stereocenters. The zero-order chi connectivity index (χ0) is 10.4. The zero-order valence-corrected chi connectivity index (χ0v) is 9.01. The van der Waals surface area contributed by atoms with E-state index in [4.69, 9.17) is 5.73 Å². The molecule has 1 heterocycles. The van der Waals surface area contributed by atoms with Crippen LogP contribution in [0.25, 0.3) is 0 Å². The minimum Gasteiger partial charge on any atom is -0.349 e. The topological polar surface area (TPSA) is 68.0 Å². The Labute approximate surface area is 87.5 Å². The molecule has 14 heavy (non-hydrogen) atoms. The average Bonchev–Trinajstić information content (AvgIpc) is 2.67. The molecule has 0 bridgehead atoms. The van der Waals surface area contributed by atoms with Crippen LogP contribution in [0, 0.1) is 0 Å². The van der Waals surface area contributed by atoms with Gasteiger partial charge in [0.1, 0.15) is 0 Å². The van der Waals surface area contributed by atoms with E-state index in [2.05, 4.69) is 10.3 Å². The van der Waals surface area contributed by atoms with Crippen LogP contribution in [0.1, 0.15) is 25.5 Å². The van der Waals surface area contributed by atoms with Gasteiger partial charge < -0.3 is 11.1 Å². The third-order valence-electron chi connectivity index (χ3n) is 1.86. The normalized spacial score (nSPS) is 12.4. The van der Waals surface area contributed by atoms with Crippen molar-refractivity contribution in [2.75, 3.05) is 0 Å². The van der Waals surface area contributed by atoms with Crippen molar-refractivity contribution in [3.05, 3.63) is 16.6 Å². The minimum atomic E-state index is -0.390. The number of hydrogen-bond acceptors (Lipinski definition) is 4. The first-order chi connectivity index (χ1) is 6.74. The molecule has 0 spiro atoms. The molecule has 0 aliphatic heterocycles. The smallest absolute Gasteiger partial charge is 0.237 e. The van der Waals surface area contributed by atoms with Gasteiger partial charge in [0.05, 0.1) is 23.8 Å². The summed E-state index contributed by atoms with van der Waals surface area (Å²) in [6.07, 6.45) is 1.65. The van der Waals surface area contributed by atoms with E-state index in [1.165, 1.54) is 11.3 Å². The number of carbonyl (C=O) groups excluding carboxylic acids is 1. The molecule has 0 saturated carbocycles. The molecule has 4 nitrogen and oxygen atoms in total. The summed E-state index contributed by atoms with van der Waals surface area (Å²) < 4.78 is 0. The lowest BCUT2D eigenvalue weighted by molar-refractivity contribution is -0.122. The van der Waals surface area contributed by atoms with Crippen LogP contribution in [0.4, 0.5) is 0 Å². The zero-order valence-electron chi connectivity index (χ0n) is 8.19. The summed E-state index contributed by atoms with van der Waals surface area (Å²) in [5.41, 5.74) is 8.26. The minimum absolute atomic E-state index is 0.0974. The average molecular weight is 213 g/mol. The van der Waals surface area contributed by atoms with E-state index in [1.54, 1.807) is 5.51 Å². The van der Waals surface area contributed by atoms with Gasteiger partial charge in [-0.05, 0) is 6.42 Å². The number of amides is 1. The second-order valence-corrected chi connectivity index (χ2v) is 3.81. The second-order valence-electron chi connectivity index (χ2n) is 3.09. The molecule has 1 aromatic heterocycles. The number of nitrogens with two attached hydrogens (primary N) is 1. The van der Waals surface area contributed by atoms with Gasteiger partial charge in [0, 0.05) is 5.38 Å². The Morgan fingerprint density at radius 1 is 1.79 bits per heavy atom. The van der Waals surface area contributed by atoms with Crippen molar-refractivity contribution in [3.8, 4) is 0 Å². The highest BCUT2D eigenvalue weighted by molar-refractivity contribution is 7.07. The molecule has 5 heteroatoms. The van der Waals surface area contributed by atoms with E-state index >= 15 is 0 Å². The molecule has 1 amide bonds. The number of nitrogens with zero attached hydrogens (tertiary/aromatic N) is 1. The standard InChI is InChI=1S/C9H15N3OS/c1-2-3-8(10)9(13)11-4-7-5-14-6-12-7/h5-6,8H,2-4,10H2,1H3,(H,11,13)/t8-/m0/s1. The highest BCUT2D eigenvalue weighted by Crippen LogP contribution is 2.00. The summed E-state index contributed by atoms with van der Waals surface area (Å²) in [5.74, 6) is -0.0974. The maximum Gasteiger partial charge on any atom is 0.237 e. The molecule has 0 radical (unpaired) electrons. The van der Waals surface area contributed by atoms with Crippen molar-refractivity contribution in [2.45, 2.75) is 32.4 Å². The lowest BCUT2D eigenvalue weighted by Crippen LogP contribution is -2.40. The fourth-order valence-corrected chi connectivity index (χ4v) is 1.63. The molecule has 1 rings (SSSR count). The van der Waals surface area contributed by atoms with Crippen LogP contribution >= 0.6 is 11.3 Å². The first-order valence-electron chi connectivity index (χ1n) is 4.64. The molecule has 0 aromatic carbocycles. The van der Waals surface area contributed by atoms with Crippen molar-refractivity contribution in [3.63, 3.8) is 0 Å². The Hall–Kier alpha value is -0.940. The van der Waals surface area contributed by atoms with Gasteiger partial charge in [-0.1, -0.05) is 13.3 Å². The highest BCUT2D eigenvalue weighted by Gasteiger charge is 2.11. The number of aromatic nitrogens is 1. The summed E-state index contributed by atoms with van der Waals surface area (Å²) in [6.45, 7) is 2.48. The van der Waals surface area contributed by atoms with Gasteiger partial charge in [0.25, 0.3) is 0 Å². The summed E-state index contributed by atoms with van der Waals surface area (Å²) in [4.78, 5) is 15.4. The number of thiazole rings is 1. The third-order valence-corrected chi connectivity index (χ3v) is 2.50. The van der Waals surface area contributed by atoms with Crippen molar-refractivity contribution in [2.24, 2.45) is 5.73 Å². The van der Waals surface area contributed by atoms with Gasteiger partial charge in [-0.25, -0.2) is 4.98 Å². The second kappa shape index (κ2) is 5.72. The Bertz CT molecular complexity index is 274. The SMILES string of the molecule is CCC[C@H](N)C(=O)NCc1cscn1. The number of rotatable bonds is 5. The molecule has 1 aromatic rings. The van der Waals surface area contributed by atoms with Gasteiger partial charge in [0.15, 0.2) is 0 Å². The van der Waals surface area contributed by atoms with Gasteiger partial charge in [0.2, 0.25) is 5.91 Å². The van der Waals surface area contributed by atoms with Crippen LogP contribution in [0.15, 0.2) is 10.9 Å². The Kier molecular flexibility index (Phi) is 4.55. The maximum atomic E-state index is 11.4. The predicted octanol–water partition coefficient (Wildman–Crippen LogP) is 0.887. The van der Waals surface area contributed by atoms with Crippen LogP contribution in [-0.2, 0) is 11.3 Å². The highest BCUT2D eigenvalue weighted by atomic mass is 32.1. The predicted molar refractivity (Wildman–Crippen MR) is 56.8 cm³/mol. The summed E-state index contributed by atoms with van der Waals surface area (Å²) in [6, 6.07) is -0.390. The Morgan fingerprint density at radius 3 is 3.14 bits per heavy atom. The van der Waals surface area contributed by atoms with E-state index in [1.807, 2.05) is 12.3 Å². The largest absolute Gasteiger partial charge is 0.349 e. The van der Waals surface area contributed by atoms with E-state index in [0.717, 1.165) is 18.5 Å². The molecule has 78 valence electrons. The van der Waals surface area contributed by atoms with Crippen molar-refractivity contribution >= 4 is 17.2 Å². The van der Waals surface area contributed by atoms with Gasteiger partial charge in [-0.2, -0.15) is 0 Å². The molecule has 0 fully saturated rings. The number of hydrogen-bond donors (Lipinski definition) is 2. The van der Waals surface area contributed by atoms with Crippen LogP contribution < -0.4 is 11.1 Å². The van der Waals surface area contributed by atoms with E-state index in [-0.39, 0.29) is 5.91 Å². The molecule has 3 N–H and O–H groups in total. The maximum absolute atomic E-state index is 11.4. The fourth-order valence-electron chi connectivity index (χ4n) is 1.08. The first-order valence-corrected chi connectivity index (χ1v) is 5.58. The number of carbonyl (C=O) groups is 1.